The minimum Gasteiger partial charge on any atom is -0.347 e. The molecule has 0 unspecified atom stereocenters. The highest BCUT2D eigenvalue weighted by molar-refractivity contribution is 6.30. The lowest BCUT2D eigenvalue weighted by atomic mass is 10.2. The number of nitrogens with zero attached hydrogens (tertiary/aromatic N) is 3. The molecule has 2 heterocycles. The molecule has 0 aliphatic carbocycles. The number of nitrogens with one attached hydrogen (secondary N) is 1. The molecule has 0 atom stereocenters. The molecule has 2 aromatic rings. The first kappa shape index (κ1) is 17.9. The molecule has 25 heavy (non-hydrogen) atoms. The summed E-state index contributed by atoms with van der Waals surface area (Å²) in [6.45, 7) is 8.27. The fraction of sp³-hybridized carbons (Fsp3) is 0.444. The van der Waals surface area contributed by atoms with E-state index in [2.05, 4.69) is 29.0 Å². The van der Waals surface area contributed by atoms with Gasteiger partial charge >= 0.3 is 0 Å². The SMILES string of the molecule is CC(C)CN1CCn2cc(C(=O)NCc3ccc(F)c(Cl)c3)nc2C1. The van der Waals surface area contributed by atoms with Crippen LogP contribution in [0.1, 0.15) is 35.7 Å². The Labute approximate surface area is 151 Å². The van der Waals surface area contributed by atoms with Crippen molar-refractivity contribution < 1.29 is 9.18 Å². The highest BCUT2D eigenvalue weighted by atomic mass is 35.5. The van der Waals surface area contributed by atoms with Gasteiger partial charge in [-0.1, -0.05) is 31.5 Å². The second-order valence-electron chi connectivity index (χ2n) is 6.80. The number of benzene rings is 1. The van der Waals surface area contributed by atoms with Gasteiger partial charge in [0.25, 0.3) is 5.91 Å². The molecule has 0 saturated carbocycles. The molecule has 1 N–H and O–H groups in total. The van der Waals surface area contributed by atoms with Crippen molar-refractivity contribution in [1.82, 2.24) is 19.8 Å². The smallest absolute Gasteiger partial charge is 0.271 e. The van der Waals surface area contributed by atoms with Crippen LogP contribution in [-0.4, -0.2) is 33.4 Å². The lowest BCUT2D eigenvalue weighted by molar-refractivity contribution is 0.0946. The molecule has 1 amide bonds. The molecule has 0 spiro atoms. The van der Waals surface area contributed by atoms with Gasteiger partial charge in [0, 0.05) is 32.4 Å². The third-order valence-electron chi connectivity index (χ3n) is 4.17. The summed E-state index contributed by atoms with van der Waals surface area (Å²) in [5, 5.41) is 2.86. The lowest BCUT2D eigenvalue weighted by Crippen LogP contribution is -2.35. The molecular formula is C18H22ClFN4O. The second kappa shape index (κ2) is 7.54. The van der Waals surface area contributed by atoms with Crippen molar-refractivity contribution >= 4 is 17.5 Å². The first-order valence-corrected chi connectivity index (χ1v) is 8.80. The molecule has 0 bridgehead atoms. The van der Waals surface area contributed by atoms with Gasteiger partial charge in [0.1, 0.15) is 17.3 Å². The summed E-state index contributed by atoms with van der Waals surface area (Å²) in [4.78, 5) is 19.2. The van der Waals surface area contributed by atoms with E-state index in [0.717, 1.165) is 37.6 Å². The molecule has 134 valence electrons. The zero-order chi connectivity index (χ0) is 18.0. The van der Waals surface area contributed by atoms with Gasteiger partial charge in [0.15, 0.2) is 0 Å². The van der Waals surface area contributed by atoms with Crippen molar-refractivity contribution in [3.05, 3.63) is 52.3 Å². The van der Waals surface area contributed by atoms with Crippen LogP contribution in [0.2, 0.25) is 5.02 Å². The normalized spacial score (nSPS) is 14.6. The first-order valence-electron chi connectivity index (χ1n) is 8.43. The van der Waals surface area contributed by atoms with Gasteiger partial charge in [-0.25, -0.2) is 9.37 Å². The number of rotatable bonds is 5. The maximum absolute atomic E-state index is 13.2. The minimum atomic E-state index is -0.468. The van der Waals surface area contributed by atoms with E-state index in [-0.39, 0.29) is 17.5 Å². The van der Waals surface area contributed by atoms with Crippen LogP contribution in [0.5, 0.6) is 0 Å². The first-order chi connectivity index (χ1) is 11.9. The summed E-state index contributed by atoms with van der Waals surface area (Å²) in [6, 6.07) is 4.41. The average molecular weight is 365 g/mol. The molecule has 0 saturated heterocycles. The molecule has 1 aliphatic heterocycles. The molecule has 0 radical (unpaired) electrons. The molecule has 1 aliphatic rings. The zero-order valence-electron chi connectivity index (χ0n) is 14.4. The van der Waals surface area contributed by atoms with Crippen LogP contribution in [0, 0.1) is 11.7 Å². The van der Waals surface area contributed by atoms with Gasteiger partial charge in [0.2, 0.25) is 0 Å². The maximum atomic E-state index is 13.2. The number of fused-ring (bicyclic) bond motifs is 1. The molecular weight excluding hydrogens is 343 g/mol. The highest BCUT2D eigenvalue weighted by Crippen LogP contribution is 2.17. The van der Waals surface area contributed by atoms with Gasteiger partial charge in [-0.2, -0.15) is 0 Å². The fourth-order valence-corrected chi connectivity index (χ4v) is 3.21. The Kier molecular flexibility index (Phi) is 5.39. The van der Waals surface area contributed by atoms with Gasteiger partial charge in [0.05, 0.1) is 11.6 Å². The Morgan fingerprint density at radius 2 is 2.20 bits per heavy atom. The predicted octanol–water partition coefficient (Wildman–Crippen LogP) is 3.08. The Bertz CT molecular complexity index is 774. The number of imidazole rings is 1. The van der Waals surface area contributed by atoms with Crippen LogP contribution < -0.4 is 5.32 Å². The summed E-state index contributed by atoms with van der Waals surface area (Å²) in [5.41, 5.74) is 1.15. The summed E-state index contributed by atoms with van der Waals surface area (Å²) in [5.74, 6) is 0.816. The third-order valence-corrected chi connectivity index (χ3v) is 4.46. The fourth-order valence-electron chi connectivity index (χ4n) is 3.01. The average Bonchev–Trinajstić information content (AvgIpc) is 2.98. The van der Waals surface area contributed by atoms with E-state index >= 15 is 0 Å². The zero-order valence-corrected chi connectivity index (χ0v) is 15.2. The van der Waals surface area contributed by atoms with Gasteiger partial charge < -0.3 is 9.88 Å². The monoisotopic (exact) mass is 364 g/mol. The minimum absolute atomic E-state index is 0.0504. The Morgan fingerprint density at radius 3 is 2.92 bits per heavy atom. The number of halogens is 2. The molecule has 0 fully saturated rings. The number of hydrogen-bond acceptors (Lipinski definition) is 3. The van der Waals surface area contributed by atoms with Crippen molar-refractivity contribution in [2.75, 3.05) is 13.1 Å². The number of carbonyl (C=O) groups is 1. The van der Waals surface area contributed by atoms with Crippen molar-refractivity contribution in [2.24, 2.45) is 5.92 Å². The Morgan fingerprint density at radius 1 is 1.40 bits per heavy atom. The summed E-state index contributed by atoms with van der Waals surface area (Å²) >= 11 is 5.76. The maximum Gasteiger partial charge on any atom is 0.271 e. The van der Waals surface area contributed by atoms with Crippen molar-refractivity contribution in [2.45, 2.75) is 33.5 Å². The summed E-state index contributed by atoms with van der Waals surface area (Å²) in [6.07, 6.45) is 1.80. The summed E-state index contributed by atoms with van der Waals surface area (Å²) in [7, 11) is 0. The summed E-state index contributed by atoms with van der Waals surface area (Å²) < 4.78 is 15.2. The van der Waals surface area contributed by atoms with Crippen molar-refractivity contribution in [3.8, 4) is 0 Å². The van der Waals surface area contributed by atoms with E-state index in [1.807, 2.05) is 4.57 Å². The molecule has 5 nitrogen and oxygen atoms in total. The van der Waals surface area contributed by atoms with Gasteiger partial charge in [-0.05, 0) is 23.6 Å². The topological polar surface area (TPSA) is 50.2 Å². The van der Waals surface area contributed by atoms with Crippen molar-refractivity contribution in [1.29, 1.82) is 0 Å². The van der Waals surface area contributed by atoms with E-state index in [9.17, 15) is 9.18 Å². The van der Waals surface area contributed by atoms with Crippen LogP contribution in [0.25, 0.3) is 0 Å². The largest absolute Gasteiger partial charge is 0.347 e. The Hall–Kier alpha value is -1.92. The van der Waals surface area contributed by atoms with E-state index in [4.69, 9.17) is 11.6 Å². The lowest BCUT2D eigenvalue weighted by Gasteiger charge is -2.28. The van der Waals surface area contributed by atoms with E-state index in [1.54, 1.807) is 12.3 Å². The van der Waals surface area contributed by atoms with E-state index < -0.39 is 5.82 Å². The number of aromatic nitrogens is 2. The molecule has 1 aromatic carbocycles. The van der Waals surface area contributed by atoms with Crippen LogP contribution >= 0.6 is 11.6 Å². The van der Waals surface area contributed by atoms with E-state index in [0.29, 0.717) is 11.6 Å². The molecule has 3 rings (SSSR count). The van der Waals surface area contributed by atoms with Gasteiger partial charge in [-0.15, -0.1) is 0 Å². The quantitative estimate of drug-likeness (QED) is 0.887. The van der Waals surface area contributed by atoms with Crippen molar-refractivity contribution in [3.63, 3.8) is 0 Å². The number of hydrogen-bond donors (Lipinski definition) is 1. The number of carbonyl (C=O) groups excluding carboxylic acids is 1. The standard InChI is InChI=1S/C18H22ClFN4O/c1-12(2)9-23-5-6-24-10-16(22-17(24)11-23)18(25)21-8-13-3-4-15(20)14(19)7-13/h3-4,7,10,12H,5-6,8-9,11H2,1-2H3,(H,21,25). The second-order valence-corrected chi connectivity index (χ2v) is 7.20. The van der Waals surface area contributed by atoms with Crippen LogP contribution in [0.15, 0.2) is 24.4 Å². The van der Waals surface area contributed by atoms with Crippen LogP contribution in [0.4, 0.5) is 4.39 Å². The highest BCUT2D eigenvalue weighted by Gasteiger charge is 2.21. The third kappa shape index (κ3) is 4.38. The van der Waals surface area contributed by atoms with Gasteiger partial charge in [-0.3, -0.25) is 9.69 Å². The number of amides is 1. The van der Waals surface area contributed by atoms with Crippen LogP contribution in [0.3, 0.4) is 0 Å². The van der Waals surface area contributed by atoms with Crippen LogP contribution in [-0.2, 0) is 19.6 Å². The predicted molar refractivity (Wildman–Crippen MR) is 94.9 cm³/mol. The molecule has 1 aromatic heterocycles. The van der Waals surface area contributed by atoms with E-state index in [1.165, 1.54) is 12.1 Å². The Balaban J connectivity index is 1.62. The molecule has 7 heteroatoms.